The van der Waals surface area contributed by atoms with E-state index in [2.05, 4.69) is 15.5 Å². The number of amides is 1. The molecule has 2 aromatic carbocycles. The zero-order valence-corrected chi connectivity index (χ0v) is 15.7. The highest BCUT2D eigenvalue weighted by Crippen LogP contribution is 2.37. The number of carbonyl (C=O) groups excluding carboxylic acids is 1. The number of halogens is 1. The number of carbonyl (C=O) groups is 1. The molecule has 2 N–H and O–H groups in total. The lowest BCUT2D eigenvalue weighted by molar-refractivity contribution is -0.120. The molecule has 0 aliphatic carbocycles. The van der Waals surface area contributed by atoms with Crippen molar-refractivity contribution in [2.24, 2.45) is 0 Å². The van der Waals surface area contributed by atoms with Gasteiger partial charge in [-0.15, -0.1) is 0 Å². The van der Waals surface area contributed by atoms with E-state index in [1.54, 1.807) is 24.3 Å². The van der Waals surface area contributed by atoms with Gasteiger partial charge in [-0.05, 0) is 23.8 Å². The molecule has 0 saturated heterocycles. The van der Waals surface area contributed by atoms with Gasteiger partial charge in [0.1, 0.15) is 0 Å². The van der Waals surface area contributed by atoms with Crippen LogP contribution in [0.3, 0.4) is 0 Å². The lowest BCUT2D eigenvalue weighted by Crippen LogP contribution is -2.26. The second kappa shape index (κ2) is 7.90. The first kappa shape index (κ1) is 18.3. The molecule has 7 nitrogen and oxygen atoms in total. The van der Waals surface area contributed by atoms with E-state index in [0.29, 0.717) is 46.2 Å². The highest BCUT2D eigenvalue weighted by Gasteiger charge is 2.16. The molecule has 0 spiro atoms. The van der Waals surface area contributed by atoms with Crippen molar-refractivity contribution in [3.63, 3.8) is 0 Å². The molecule has 8 heteroatoms. The third-order valence-electron chi connectivity index (χ3n) is 4.45. The molecule has 2 heterocycles. The highest BCUT2D eigenvalue weighted by molar-refractivity contribution is 6.32. The maximum atomic E-state index is 12.4. The van der Waals surface area contributed by atoms with Crippen molar-refractivity contribution in [2.45, 2.75) is 19.4 Å². The molecule has 0 atom stereocenters. The van der Waals surface area contributed by atoms with Crippen LogP contribution in [0.4, 0.5) is 0 Å². The molecule has 4 rings (SSSR count). The summed E-state index contributed by atoms with van der Waals surface area (Å²) in [5.41, 5.74) is 1.05. The van der Waals surface area contributed by atoms with Gasteiger partial charge in [0.25, 0.3) is 5.56 Å². The quantitative estimate of drug-likeness (QED) is 0.703. The maximum Gasteiger partial charge on any atom is 0.272 e. The second-order valence-electron chi connectivity index (χ2n) is 6.45. The minimum absolute atomic E-state index is 0.0512. The van der Waals surface area contributed by atoms with Crippen LogP contribution >= 0.6 is 11.6 Å². The normalized spacial score (nSPS) is 13.2. The van der Waals surface area contributed by atoms with Crippen LogP contribution in [0.2, 0.25) is 5.02 Å². The minimum Gasteiger partial charge on any atom is -0.489 e. The number of nitrogens with one attached hydrogen (secondary N) is 2. The van der Waals surface area contributed by atoms with E-state index in [-0.39, 0.29) is 24.4 Å². The van der Waals surface area contributed by atoms with Gasteiger partial charge in [-0.25, -0.2) is 5.10 Å². The van der Waals surface area contributed by atoms with Crippen LogP contribution in [0.25, 0.3) is 10.8 Å². The van der Waals surface area contributed by atoms with Gasteiger partial charge in [-0.1, -0.05) is 29.8 Å². The number of aromatic amines is 1. The number of hydrogen-bond donors (Lipinski definition) is 2. The van der Waals surface area contributed by atoms with Crippen LogP contribution in [-0.2, 0) is 17.8 Å². The fourth-order valence-corrected chi connectivity index (χ4v) is 3.40. The lowest BCUT2D eigenvalue weighted by Gasteiger charge is -2.12. The number of ether oxygens (including phenoxy) is 2. The largest absolute Gasteiger partial charge is 0.489 e. The van der Waals surface area contributed by atoms with E-state index in [9.17, 15) is 9.59 Å². The summed E-state index contributed by atoms with van der Waals surface area (Å²) < 4.78 is 11.3. The molecule has 28 heavy (non-hydrogen) atoms. The van der Waals surface area contributed by atoms with Crippen molar-refractivity contribution < 1.29 is 14.3 Å². The number of nitrogens with zero attached hydrogens (tertiary/aromatic N) is 1. The Hall–Kier alpha value is -3.06. The molecule has 1 aliphatic rings. The van der Waals surface area contributed by atoms with E-state index in [1.165, 1.54) is 0 Å². The van der Waals surface area contributed by atoms with Crippen molar-refractivity contribution in [1.82, 2.24) is 15.5 Å². The number of rotatable bonds is 4. The Bertz CT molecular complexity index is 1100. The average Bonchev–Trinajstić information content (AvgIpc) is 2.95. The van der Waals surface area contributed by atoms with Crippen LogP contribution in [0.15, 0.2) is 41.2 Å². The smallest absolute Gasteiger partial charge is 0.272 e. The van der Waals surface area contributed by atoms with Crippen molar-refractivity contribution >= 4 is 28.3 Å². The predicted octanol–water partition coefficient (Wildman–Crippen LogP) is 2.60. The van der Waals surface area contributed by atoms with Crippen LogP contribution in [0.1, 0.15) is 17.7 Å². The zero-order valence-electron chi connectivity index (χ0n) is 15.0. The summed E-state index contributed by atoms with van der Waals surface area (Å²) in [4.78, 5) is 24.3. The molecule has 0 bridgehead atoms. The molecule has 0 unspecified atom stereocenters. The van der Waals surface area contributed by atoms with Gasteiger partial charge in [0, 0.05) is 18.4 Å². The minimum atomic E-state index is -0.276. The Morgan fingerprint density at radius 2 is 1.96 bits per heavy atom. The molecule has 3 aromatic rings. The third-order valence-corrected chi connectivity index (χ3v) is 4.74. The van der Waals surface area contributed by atoms with Crippen LogP contribution in [-0.4, -0.2) is 29.3 Å². The third kappa shape index (κ3) is 3.80. The van der Waals surface area contributed by atoms with Crippen molar-refractivity contribution in [3.05, 3.63) is 63.0 Å². The van der Waals surface area contributed by atoms with Gasteiger partial charge in [-0.3, -0.25) is 9.59 Å². The number of aromatic nitrogens is 2. The molecular formula is C20H18ClN3O4. The number of H-pyrrole nitrogens is 1. The van der Waals surface area contributed by atoms with E-state index in [1.807, 2.05) is 12.1 Å². The first-order valence-corrected chi connectivity index (χ1v) is 9.30. The molecule has 1 amide bonds. The Morgan fingerprint density at radius 1 is 1.18 bits per heavy atom. The van der Waals surface area contributed by atoms with Gasteiger partial charge in [0.15, 0.2) is 11.5 Å². The molecule has 0 fully saturated rings. The summed E-state index contributed by atoms with van der Waals surface area (Å²) in [6.07, 6.45) is 0.840. The van der Waals surface area contributed by atoms with Gasteiger partial charge in [0.05, 0.1) is 35.7 Å². The van der Waals surface area contributed by atoms with Crippen LogP contribution in [0, 0.1) is 0 Å². The molecule has 144 valence electrons. The predicted molar refractivity (Wildman–Crippen MR) is 105 cm³/mol. The average molecular weight is 400 g/mol. The number of fused-ring (bicyclic) bond motifs is 2. The monoisotopic (exact) mass is 399 g/mol. The Balaban J connectivity index is 1.47. The first-order chi connectivity index (χ1) is 13.6. The van der Waals surface area contributed by atoms with Gasteiger partial charge in [0.2, 0.25) is 5.91 Å². The molecule has 0 saturated carbocycles. The van der Waals surface area contributed by atoms with E-state index < -0.39 is 0 Å². The van der Waals surface area contributed by atoms with E-state index >= 15 is 0 Å². The Morgan fingerprint density at radius 3 is 2.82 bits per heavy atom. The topological polar surface area (TPSA) is 93.3 Å². The molecular weight excluding hydrogens is 382 g/mol. The summed E-state index contributed by atoms with van der Waals surface area (Å²) in [6.45, 7) is 1.41. The highest BCUT2D eigenvalue weighted by atomic mass is 35.5. The summed E-state index contributed by atoms with van der Waals surface area (Å²) >= 11 is 6.28. The van der Waals surface area contributed by atoms with Crippen molar-refractivity contribution in [2.75, 3.05) is 13.2 Å². The Labute approximate surface area is 165 Å². The molecule has 1 aliphatic heterocycles. The van der Waals surface area contributed by atoms with Crippen molar-refractivity contribution in [3.8, 4) is 11.5 Å². The first-order valence-electron chi connectivity index (χ1n) is 8.93. The van der Waals surface area contributed by atoms with Crippen LogP contribution < -0.4 is 20.3 Å². The van der Waals surface area contributed by atoms with Gasteiger partial charge >= 0.3 is 0 Å². The summed E-state index contributed by atoms with van der Waals surface area (Å²) in [6, 6.07) is 10.6. The lowest BCUT2D eigenvalue weighted by atomic mass is 10.1. The summed E-state index contributed by atoms with van der Waals surface area (Å²) in [7, 11) is 0. The fourth-order valence-electron chi connectivity index (χ4n) is 3.11. The van der Waals surface area contributed by atoms with Crippen molar-refractivity contribution in [1.29, 1.82) is 0 Å². The number of benzene rings is 2. The summed E-state index contributed by atoms with van der Waals surface area (Å²) in [5, 5.41) is 10.9. The van der Waals surface area contributed by atoms with E-state index in [0.717, 1.165) is 12.0 Å². The molecule has 1 aromatic heterocycles. The second-order valence-corrected chi connectivity index (χ2v) is 6.86. The van der Waals surface area contributed by atoms with E-state index in [4.69, 9.17) is 21.1 Å². The fraction of sp³-hybridized carbons (Fsp3) is 0.250. The summed E-state index contributed by atoms with van der Waals surface area (Å²) in [5.74, 6) is 0.911. The molecule has 0 radical (unpaired) electrons. The SMILES string of the molecule is O=C(Cc1n[nH]c(=O)c2ccccc12)NCc1cc(Cl)c2c(c1)OCCCO2. The van der Waals surface area contributed by atoms with Gasteiger partial charge in [-0.2, -0.15) is 5.10 Å². The maximum absolute atomic E-state index is 12.4. The van der Waals surface area contributed by atoms with Gasteiger partial charge < -0.3 is 14.8 Å². The van der Waals surface area contributed by atoms with Crippen LogP contribution in [0.5, 0.6) is 11.5 Å². The standard InChI is InChI=1S/C20H18ClN3O4/c21-15-8-12(9-17-19(15)28-7-3-6-27-17)11-22-18(25)10-16-13-4-1-2-5-14(13)20(26)24-23-16/h1-2,4-5,8-9H,3,6-7,10-11H2,(H,22,25)(H,24,26). The Kier molecular flexibility index (Phi) is 5.16. The zero-order chi connectivity index (χ0) is 19.5. The number of hydrogen-bond acceptors (Lipinski definition) is 5.